The Labute approximate surface area is 155 Å². The standard InChI is InChI=1S/C20H16N4OS/c1-13-7-9-15(10-8-13)11-16-18(21)24-20(22-19(16)25)26-17(23-24)12-14-5-3-2-4-6-14/h2-11,21H,12H2,1H3/b16-11-,21-18?. The van der Waals surface area contributed by atoms with Gasteiger partial charge >= 0.3 is 0 Å². The summed E-state index contributed by atoms with van der Waals surface area (Å²) in [6.07, 6.45) is 2.35. The van der Waals surface area contributed by atoms with Crippen LogP contribution < -0.4 is 0 Å². The van der Waals surface area contributed by atoms with Crippen molar-refractivity contribution in [3.8, 4) is 0 Å². The fourth-order valence-electron chi connectivity index (χ4n) is 2.70. The maximum absolute atomic E-state index is 12.4. The van der Waals surface area contributed by atoms with Crippen LogP contribution >= 0.6 is 11.8 Å². The summed E-state index contributed by atoms with van der Waals surface area (Å²) in [6, 6.07) is 17.8. The Morgan fingerprint density at radius 2 is 1.85 bits per heavy atom. The number of aryl methyl sites for hydroxylation is 1. The van der Waals surface area contributed by atoms with Crippen molar-refractivity contribution < 1.29 is 4.79 Å². The zero-order valence-corrected chi connectivity index (χ0v) is 15.0. The van der Waals surface area contributed by atoms with E-state index in [0.717, 1.165) is 21.7 Å². The normalized spacial score (nSPS) is 18.0. The first-order valence-electron chi connectivity index (χ1n) is 8.20. The summed E-state index contributed by atoms with van der Waals surface area (Å²) >= 11 is 1.34. The summed E-state index contributed by atoms with van der Waals surface area (Å²) in [4.78, 5) is 16.5. The zero-order chi connectivity index (χ0) is 18.1. The highest BCUT2D eigenvalue weighted by Crippen LogP contribution is 2.29. The number of thioether (sulfide) groups is 1. The van der Waals surface area contributed by atoms with Crippen LogP contribution in [0.1, 0.15) is 16.7 Å². The van der Waals surface area contributed by atoms with Gasteiger partial charge in [0, 0.05) is 6.42 Å². The van der Waals surface area contributed by atoms with Gasteiger partial charge in [-0.3, -0.25) is 10.2 Å². The molecule has 2 aromatic rings. The van der Waals surface area contributed by atoms with E-state index in [1.807, 2.05) is 61.5 Å². The molecule has 2 aromatic carbocycles. The Morgan fingerprint density at radius 3 is 2.58 bits per heavy atom. The number of nitrogens with one attached hydrogen (secondary N) is 1. The van der Waals surface area contributed by atoms with Crippen LogP contribution in [0, 0.1) is 12.3 Å². The smallest absolute Gasteiger partial charge is 0.282 e. The van der Waals surface area contributed by atoms with Gasteiger partial charge in [-0.15, -0.1) is 0 Å². The summed E-state index contributed by atoms with van der Waals surface area (Å²) in [6.45, 7) is 2.01. The molecule has 5 nitrogen and oxygen atoms in total. The fraction of sp³-hybridized carbons (Fsp3) is 0.100. The molecule has 1 N–H and O–H groups in total. The number of hydrazone groups is 1. The predicted molar refractivity (Wildman–Crippen MR) is 106 cm³/mol. The van der Waals surface area contributed by atoms with E-state index in [2.05, 4.69) is 10.1 Å². The molecule has 0 spiro atoms. The molecule has 4 rings (SSSR count). The minimum Gasteiger partial charge on any atom is -0.282 e. The fourth-order valence-corrected chi connectivity index (χ4v) is 3.62. The summed E-state index contributed by atoms with van der Waals surface area (Å²) in [5.41, 5.74) is 3.39. The highest BCUT2D eigenvalue weighted by atomic mass is 32.2. The molecule has 0 bridgehead atoms. The molecular weight excluding hydrogens is 344 g/mol. The van der Waals surface area contributed by atoms with Crippen molar-refractivity contribution in [3.63, 3.8) is 0 Å². The van der Waals surface area contributed by atoms with E-state index in [9.17, 15) is 4.79 Å². The van der Waals surface area contributed by atoms with Crippen molar-refractivity contribution in [2.45, 2.75) is 13.3 Å². The van der Waals surface area contributed by atoms with Gasteiger partial charge in [-0.05, 0) is 35.9 Å². The Hall–Kier alpha value is -2.99. The SMILES string of the molecule is Cc1ccc(/C=C2/C(=N)N3N=C(Cc4ccccc4)SC3=NC2=O)cc1. The molecule has 0 atom stereocenters. The quantitative estimate of drug-likeness (QED) is 0.845. The topological polar surface area (TPSA) is 68.9 Å². The third kappa shape index (κ3) is 3.23. The highest BCUT2D eigenvalue weighted by Gasteiger charge is 2.35. The highest BCUT2D eigenvalue weighted by molar-refractivity contribution is 8.26. The largest absolute Gasteiger partial charge is 0.283 e. The van der Waals surface area contributed by atoms with Gasteiger partial charge in [-0.25, -0.2) is 0 Å². The van der Waals surface area contributed by atoms with Crippen molar-refractivity contribution in [2.75, 3.05) is 0 Å². The second-order valence-corrected chi connectivity index (χ2v) is 7.13. The maximum atomic E-state index is 12.4. The van der Waals surface area contributed by atoms with Gasteiger partial charge in [0.15, 0.2) is 5.84 Å². The predicted octanol–water partition coefficient (Wildman–Crippen LogP) is 3.86. The lowest BCUT2D eigenvalue weighted by molar-refractivity contribution is -0.114. The van der Waals surface area contributed by atoms with Crippen LogP contribution in [0.15, 0.2) is 70.3 Å². The molecule has 0 aromatic heterocycles. The molecule has 0 radical (unpaired) electrons. The number of hydrogen-bond acceptors (Lipinski definition) is 4. The average molecular weight is 360 g/mol. The number of fused-ring (bicyclic) bond motifs is 1. The van der Waals surface area contributed by atoms with E-state index < -0.39 is 5.91 Å². The lowest BCUT2D eigenvalue weighted by Gasteiger charge is -2.20. The van der Waals surface area contributed by atoms with Gasteiger partial charge in [0.1, 0.15) is 5.04 Å². The van der Waals surface area contributed by atoms with Crippen molar-refractivity contribution in [3.05, 3.63) is 76.9 Å². The zero-order valence-electron chi connectivity index (χ0n) is 14.1. The second-order valence-electron chi connectivity index (χ2n) is 6.09. The monoisotopic (exact) mass is 360 g/mol. The molecule has 0 unspecified atom stereocenters. The Kier molecular flexibility index (Phi) is 4.26. The molecule has 128 valence electrons. The third-order valence-corrected chi connectivity index (χ3v) is 4.99. The van der Waals surface area contributed by atoms with Gasteiger partial charge in [0.2, 0.25) is 5.17 Å². The molecule has 0 fully saturated rings. The number of amides is 1. The van der Waals surface area contributed by atoms with Crippen LogP contribution in [0.3, 0.4) is 0 Å². The van der Waals surface area contributed by atoms with Crippen molar-refractivity contribution in [2.24, 2.45) is 10.1 Å². The third-order valence-electron chi connectivity index (χ3n) is 4.08. The minimum atomic E-state index is -0.398. The molecule has 2 heterocycles. The number of carbonyl (C=O) groups excluding carboxylic acids is 1. The lowest BCUT2D eigenvalue weighted by atomic mass is 10.1. The molecule has 0 aliphatic carbocycles. The van der Waals surface area contributed by atoms with Crippen LogP contribution in [0.2, 0.25) is 0 Å². The number of nitrogens with zero attached hydrogens (tertiary/aromatic N) is 3. The first-order valence-corrected chi connectivity index (χ1v) is 9.01. The first-order chi connectivity index (χ1) is 12.6. The van der Waals surface area contributed by atoms with E-state index in [1.54, 1.807) is 6.08 Å². The average Bonchev–Trinajstić information content (AvgIpc) is 3.03. The molecule has 6 heteroatoms. The number of amidine groups is 2. The molecular formula is C20H16N4OS. The van der Waals surface area contributed by atoms with Crippen molar-refractivity contribution >= 4 is 39.8 Å². The molecule has 26 heavy (non-hydrogen) atoms. The van der Waals surface area contributed by atoms with E-state index in [4.69, 9.17) is 5.41 Å². The van der Waals surface area contributed by atoms with Crippen LogP contribution in [0.4, 0.5) is 0 Å². The van der Waals surface area contributed by atoms with Gasteiger partial charge < -0.3 is 0 Å². The van der Waals surface area contributed by atoms with E-state index in [1.165, 1.54) is 16.8 Å². The second kappa shape index (κ2) is 6.72. The van der Waals surface area contributed by atoms with E-state index >= 15 is 0 Å². The van der Waals surface area contributed by atoms with Gasteiger partial charge in [-0.2, -0.15) is 15.1 Å². The summed E-state index contributed by atoms with van der Waals surface area (Å²) < 4.78 is 0. The molecule has 2 aliphatic rings. The van der Waals surface area contributed by atoms with Crippen LogP contribution in [0.5, 0.6) is 0 Å². The summed E-state index contributed by atoms with van der Waals surface area (Å²) in [5, 5.41) is 15.6. The van der Waals surface area contributed by atoms with Crippen LogP contribution in [0.25, 0.3) is 6.08 Å². The van der Waals surface area contributed by atoms with E-state index in [0.29, 0.717) is 11.6 Å². The van der Waals surface area contributed by atoms with Gasteiger partial charge in [-0.1, -0.05) is 60.2 Å². The van der Waals surface area contributed by atoms with E-state index in [-0.39, 0.29) is 11.4 Å². The number of aliphatic imine (C=N–C) groups is 1. The minimum absolute atomic E-state index is 0.0659. The Morgan fingerprint density at radius 1 is 1.12 bits per heavy atom. The Bertz CT molecular complexity index is 975. The summed E-state index contributed by atoms with van der Waals surface area (Å²) in [5.74, 6) is -0.332. The van der Waals surface area contributed by atoms with Gasteiger partial charge in [0.25, 0.3) is 5.91 Å². The lowest BCUT2D eigenvalue weighted by Crippen LogP contribution is -2.35. The molecule has 1 amide bonds. The first kappa shape index (κ1) is 16.5. The van der Waals surface area contributed by atoms with Crippen LogP contribution in [-0.2, 0) is 11.2 Å². The number of benzene rings is 2. The van der Waals surface area contributed by atoms with Crippen LogP contribution in [-0.4, -0.2) is 27.0 Å². The molecule has 0 saturated heterocycles. The molecule has 0 saturated carbocycles. The number of hydrogen-bond donors (Lipinski definition) is 1. The van der Waals surface area contributed by atoms with Crippen molar-refractivity contribution in [1.82, 2.24) is 5.01 Å². The maximum Gasteiger partial charge on any atom is 0.283 e. The van der Waals surface area contributed by atoms with Crippen molar-refractivity contribution in [1.29, 1.82) is 5.41 Å². The molecule has 2 aliphatic heterocycles. The Balaban J connectivity index is 1.61. The number of carbonyl (C=O) groups is 1. The number of rotatable bonds is 3. The van der Waals surface area contributed by atoms with Gasteiger partial charge in [0.05, 0.1) is 5.57 Å². The summed E-state index contributed by atoms with van der Waals surface area (Å²) in [7, 11) is 0.